The van der Waals surface area contributed by atoms with Crippen molar-refractivity contribution in [3.8, 4) is 5.75 Å². The highest BCUT2D eigenvalue weighted by Gasteiger charge is 2.20. The predicted molar refractivity (Wildman–Crippen MR) is 64.0 cm³/mol. The first-order chi connectivity index (χ1) is 8.35. The summed E-state index contributed by atoms with van der Waals surface area (Å²) >= 11 is 0. The van der Waals surface area contributed by atoms with Gasteiger partial charge in [0, 0.05) is 13.6 Å². The van der Waals surface area contributed by atoms with E-state index in [2.05, 4.69) is 4.74 Å². The maximum Gasteiger partial charge on any atom is 0.421 e. The van der Waals surface area contributed by atoms with Crippen molar-refractivity contribution < 1.29 is 23.1 Å². The van der Waals surface area contributed by atoms with Crippen LogP contribution in [0.4, 0.5) is 4.79 Å². The summed E-state index contributed by atoms with van der Waals surface area (Å²) in [5, 5.41) is 9.10. The van der Waals surface area contributed by atoms with Crippen molar-refractivity contribution in [1.82, 2.24) is 9.03 Å². The number of amides is 1. The van der Waals surface area contributed by atoms with E-state index in [4.69, 9.17) is 5.11 Å². The number of ether oxygens (including phenoxy) is 1. The Morgan fingerprint density at radius 2 is 1.94 bits per heavy atom. The molecule has 0 heterocycles. The van der Waals surface area contributed by atoms with E-state index in [0.29, 0.717) is 5.56 Å². The number of hydrogen-bond donors (Lipinski definition) is 2. The van der Waals surface area contributed by atoms with Gasteiger partial charge in [0.05, 0.1) is 7.11 Å². The zero-order valence-electron chi connectivity index (χ0n) is 9.95. The van der Waals surface area contributed by atoms with Crippen LogP contribution in [0.5, 0.6) is 5.75 Å². The van der Waals surface area contributed by atoms with Gasteiger partial charge in [0.1, 0.15) is 5.75 Å². The van der Waals surface area contributed by atoms with Crippen LogP contribution in [-0.4, -0.2) is 38.1 Å². The van der Waals surface area contributed by atoms with Gasteiger partial charge >= 0.3 is 16.3 Å². The van der Waals surface area contributed by atoms with Gasteiger partial charge in [-0.1, -0.05) is 12.1 Å². The number of hydrogen-bond acceptors (Lipinski definition) is 5. The van der Waals surface area contributed by atoms with Crippen LogP contribution in [0.2, 0.25) is 0 Å². The number of rotatable bonds is 4. The molecule has 8 heteroatoms. The lowest BCUT2D eigenvalue weighted by molar-refractivity contribution is 0.177. The van der Waals surface area contributed by atoms with Gasteiger partial charge in [0.25, 0.3) is 0 Å². The van der Waals surface area contributed by atoms with Crippen molar-refractivity contribution in [2.24, 2.45) is 0 Å². The summed E-state index contributed by atoms with van der Waals surface area (Å²) in [4.78, 5) is 10.9. The number of aromatic hydroxyl groups is 1. The first-order valence-electron chi connectivity index (χ1n) is 4.95. The third-order valence-corrected chi connectivity index (χ3v) is 3.52. The topological polar surface area (TPSA) is 95.9 Å². The zero-order valence-corrected chi connectivity index (χ0v) is 10.8. The quantitative estimate of drug-likeness (QED) is 0.829. The third-order valence-electron chi connectivity index (χ3n) is 2.15. The Bertz CT molecular complexity index is 512. The monoisotopic (exact) mass is 274 g/mol. The molecule has 0 aliphatic carbocycles. The molecule has 0 bridgehead atoms. The number of methoxy groups -OCH3 is 1. The van der Waals surface area contributed by atoms with Crippen molar-refractivity contribution in [2.75, 3.05) is 14.2 Å². The summed E-state index contributed by atoms with van der Waals surface area (Å²) in [7, 11) is -1.54. The maximum atomic E-state index is 11.6. The summed E-state index contributed by atoms with van der Waals surface area (Å²) in [6, 6.07) is 6.06. The smallest absolute Gasteiger partial charge is 0.421 e. The molecule has 100 valence electrons. The highest BCUT2D eigenvalue weighted by molar-refractivity contribution is 7.87. The minimum atomic E-state index is -3.93. The van der Waals surface area contributed by atoms with Crippen LogP contribution in [0.25, 0.3) is 0 Å². The number of nitrogens with zero attached hydrogens (tertiary/aromatic N) is 1. The summed E-state index contributed by atoms with van der Waals surface area (Å²) < 4.78 is 30.2. The Kier molecular flexibility index (Phi) is 4.51. The van der Waals surface area contributed by atoms with Crippen LogP contribution in [0.3, 0.4) is 0 Å². The molecule has 0 aliphatic heterocycles. The molecule has 0 aromatic heterocycles. The molecule has 0 unspecified atom stereocenters. The standard InChI is InChI=1S/C10H14N2O5S/c1-12(18(15,16)11-10(14)17-2)7-8-3-5-9(13)6-4-8/h3-6,13H,7H2,1-2H3,(H,11,14). The van der Waals surface area contributed by atoms with Gasteiger partial charge in [0.2, 0.25) is 0 Å². The number of nitrogens with one attached hydrogen (secondary N) is 1. The average molecular weight is 274 g/mol. The van der Waals surface area contributed by atoms with Crippen molar-refractivity contribution in [3.63, 3.8) is 0 Å². The van der Waals surface area contributed by atoms with E-state index in [1.165, 1.54) is 19.2 Å². The second-order valence-corrected chi connectivity index (χ2v) is 5.30. The van der Waals surface area contributed by atoms with Crippen molar-refractivity contribution in [3.05, 3.63) is 29.8 Å². The molecule has 0 fully saturated rings. The van der Waals surface area contributed by atoms with Gasteiger partial charge in [-0.3, -0.25) is 0 Å². The molecule has 18 heavy (non-hydrogen) atoms. The van der Waals surface area contributed by atoms with Crippen molar-refractivity contribution >= 4 is 16.3 Å². The minimum Gasteiger partial charge on any atom is -0.508 e. The van der Waals surface area contributed by atoms with Crippen molar-refractivity contribution in [1.29, 1.82) is 0 Å². The van der Waals surface area contributed by atoms with Crippen LogP contribution < -0.4 is 4.72 Å². The van der Waals surface area contributed by atoms with Crippen molar-refractivity contribution in [2.45, 2.75) is 6.54 Å². The lowest BCUT2D eigenvalue weighted by Gasteiger charge is -2.17. The molecular weight excluding hydrogens is 260 g/mol. The fourth-order valence-electron chi connectivity index (χ4n) is 1.17. The summed E-state index contributed by atoms with van der Waals surface area (Å²) in [6.45, 7) is 0.0621. The van der Waals surface area contributed by atoms with Crippen LogP contribution in [0.1, 0.15) is 5.56 Å². The molecule has 2 N–H and O–H groups in total. The Labute approximate surface area is 105 Å². The predicted octanol–water partition coefficient (Wildman–Crippen LogP) is 0.425. The molecule has 1 amide bonds. The van der Waals surface area contributed by atoms with Gasteiger partial charge < -0.3 is 9.84 Å². The van der Waals surface area contributed by atoms with Gasteiger partial charge in [-0.2, -0.15) is 12.7 Å². The van der Waals surface area contributed by atoms with E-state index in [9.17, 15) is 13.2 Å². The molecule has 7 nitrogen and oxygen atoms in total. The van der Waals surface area contributed by atoms with Crippen LogP contribution in [0, 0.1) is 0 Å². The molecule has 1 aromatic rings. The Balaban J connectivity index is 2.72. The normalized spacial score (nSPS) is 11.3. The molecule has 0 atom stereocenters. The molecule has 0 spiro atoms. The van der Waals surface area contributed by atoms with Crippen LogP contribution in [-0.2, 0) is 21.5 Å². The highest BCUT2D eigenvalue weighted by Crippen LogP contribution is 2.12. The fourth-order valence-corrected chi connectivity index (χ4v) is 1.94. The van der Waals surface area contributed by atoms with E-state index in [-0.39, 0.29) is 12.3 Å². The summed E-state index contributed by atoms with van der Waals surface area (Å²) in [5.41, 5.74) is 0.672. The SMILES string of the molecule is COC(=O)NS(=O)(=O)N(C)Cc1ccc(O)cc1. The largest absolute Gasteiger partial charge is 0.508 e. The Morgan fingerprint density at radius 1 is 1.39 bits per heavy atom. The molecule has 1 aromatic carbocycles. The summed E-state index contributed by atoms with van der Waals surface area (Å²) in [5.74, 6) is 0.0944. The second-order valence-electron chi connectivity index (χ2n) is 3.52. The Hall–Kier alpha value is -1.80. The lowest BCUT2D eigenvalue weighted by Crippen LogP contribution is -2.41. The maximum absolute atomic E-state index is 11.6. The number of phenols is 1. The lowest BCUT2D eigenvalue weighted by atomic mass is 10.2. The number of carbonyl (C=O) groups is 1. The number of carbonyl (C=O) groups excluding carboxylic acids is 1. The third kappa shape index (κ3) is 3.90. The van der Waals surface area contributed by atoms with Gasteiger partial charge in [0.15, 0.2) is 0 Å². The molecule has 0 radical (unpaired) electrons. The second kappa shape index (κ2) is 5.69. The first-order valence-corrected chi connectivity index (χ1v) is 6.39. The van der Waals surface area contributed by atoms with Gasteiger partial charge in [-0.25, -0.2) is 9.52 Å². The average Bonchev–Trinajstić information content (AvgIpc) is 2.31. The minimum absolute atomic E-state index is 0.0621. The van der Waals surface area contributed by atoms with E-state index >= 15 is 0 Å². The van der Waals surface area contributed by atoms with E-state index in [1.54, 1.807) is 16.9 Å². The molecule has 0 aliphatic rings. The number of benzene rings is 1. The fraction of sp³-hybridized carbons (Fsp3) is 0.300. The highest BCUT2D eigenvalue weighted by atomic mass is 32.2. The molecule has 1 rings (SSSR count). The molecular formula is C10H14N2O5S. The van der Waals surface area contributed by atoms with Gasteiger partial charge in [-0.15, -0.1) is 0 Å². The summed E-state index contributed by atoms with van der Waals surface area (Å²) in [6.07, 6.45) is -1.05. The first kappa shape index (κ1) is 14.3. The van der Waals surface area contributed by atoms with E-state index in [1.807, 2.05) is 0 Å². The van der Waals surface area contributed by atoms with E-state index < -0.39 is 16.3 Å². The molecule has 0 saturated carbocycles. The zero-order chi connectivity index (χ0) is 13.8. The van der Waals surface area contributed by atoms with Crippen LogP contribution >= 0.6 is 0 Å². The van der Waals surface area contributed by atoms with Crippen LogP contribution in [0.15, 0.2) is 24.3 Å². The number of phenolic OH excluding ortho intramolecular Hbond substituents is 1. The Morgan fingerprint density at radius 3 is 2.44 bits per heavy atom. The van der Waals surface area contributed by atoms with Gasteiger partial charge in [-0.05, 0) is 17.7 Å². The molecule has 0 saturated heterocycles. The van der Waals surface area contributed by atoms with E-state index in [0.717, 1.165) is 11.4 Å².